The van der Waals surface area contributed by atoms with Crippen molar-refractivity contribution in [2.75, 3.05) is 13.2 Å². The van der Waals surface area contributed by atoms with E-state index in [1.165, 1.54) is 12.1 Å². The Hall–Kier alpha value is -2.89. The summed E-state index contributed by atoms with van der Waals surface area (Å²) in [7, 11) is 0. The molecule has 0 spiro atoms. The topological polar surface area (TPSA) is 67.0 Å². The molecule has 0 saturated heterocycles. The number of para-hydroxylation sites is 1. The number of nitrogens with zero attached hydrogens (tertiary/aromatic N) is 1. The Bertz CT molecular complexity index is 860. The molecule has 1 heterocycles. The van der Waals surface area contributed by atoms with Gasteiger partial charge >= 0.3 is 0 Å². The normalized spacial score (nSPS) is 10.8. The number of aryl methyl sites for hydroxylation is 1. The highest BCUT2D eigenvalue weighted by molar-refractivity contribution is 5.77. The molecule has 2 aromatic carbocycles. The SMILES string of the molecule is Cc1nc2ccc(CCNC(=O)COc3ccccc3F)cc2[nH]1. The van der Waals surface area contributed by atoms with Gasteiger partial charge in [0.2, 0.25) is 0 Å². The van der Waals surface area contributed by atoms with Gasteiger partial charge < -0.3 is 15.0 Å². The van der Waals surface area contributed by atoms with Crippen LogP contribution in [0.15, 0.2) is 42.5 Å². The van der Waals surface area contributed by atoms with E-state index in [9.17, 15) is 9.18 Å². The largest absolute Gasteiger partial charge is 0.481 e. The summed E-state index contributed by atoms with van der Waals surface area (Å²) in [6.07, 6.45) is 0.694. The summed E-state index contributed by atoms with van der Waals surface area (Å²) in [4.78, 5) is 19.3. The Labute approximate surface area is 138 Å². The molecule has 1 aromatic heterocycles. The number of rotatable bonds is 6. The molecule has 0 atom stereocenters. The van der Waals surface area contributed by atoms with Crippen molar-refractivity contribution in [2.45, 2.75) is 13.3 Å². The van der Waals surface area contributed by atoms with Crippen LogP contribution in [0.3, 0.4) is 0 Å². The molecule has 0 fully saturated rings. The summed E-state index contributed by atoms with van der Waals surface area (Å²) in [6.45, 7) is 2.19. The van der Waals surface area contributed by atoms with Crippen LogP contribution in [0, 0.1) is 12.7 Å². The fraction of sp³-hybridized carbons (Fsp3) is 0.222. The number of halogens is 1. The van der Waals surface area contributed by atoms with Gasteiger partial charge in [-0.15, -0.1) is 0 Å². The molecule has 2 N–H and O–H groups in total. The molecule has 6 heteroatoms. The number of amides is 1. The lowest BCUT2D eigenvalue weighted by molar-refractivity contribution is -0.123. The van der Waals surface area contributed by atoms with Crippen molar-refractivity contribution in [2.24, 2.45) is 0 Å². The zero-order valence-electron chi connectivity index (χ0n) is 13.3. The number of ether oxygens (including phenoxy) is 1. The predicted octanol–water partition coefficient (Wildman–Crippen LogP) is 2.75. The number of carbonyl (C=O) groups is 1. The number of H-pyrrole nitrogens is 1. The first kappa shape index (κ1) is 16.0. The monoisotopic (exact) mass is 327 g/mol. The number of imidazole rings is 1. The summed E-state index contributed by atoms with van der Waals surface area (Å²) < 4.78 is 18.5. The zero-order chi connectivity index (χ0) is 16.9. The van der Waals surface area contributed by atoms with E-state index in [0.717, 1.165) is 22.4 Å². The van der Waals surface area contributed by atoms with Crippen molar-refractivity contribution >= 4 is 16.9 Å². The number of hydrogen-bond donors (Lipinski definition) is 2. The van der Waals surface area contributed by atoms with Crippen molar-refractivity contribution in [1.82, 2.24) is 15.3 Å². The van der Waals surface area contributed by atoms with Gasteiger partial charge in [-0.05, 0) is 43.2 Å². The summed E-state index contributed by atoms with van der Waals surface area (Å²) in [5, 5.41) is 2.76. The Kier molecular flexibility index (Phi) is 4.74. The second-order valence-electron chi connectivity index (χ2n) is 5.49. The smallest absolute Gasteiger partial charge is 0.257 e. The number of aromatic nitrogens is 2. The molecule has 0 radical (unpaired) electrons. The lowest BCUT2D eigenvalue weighted by Gasteiger charge is -2.08. The van der Waals surface area contributed by atoms with Crippen LogP contribution >= 0.6 is 0 Å². The maximum Gasteiger partial charge on any atom is 0.257 e. The molecule has 0 aliphatic rings. The predicted molar refractivity (Wildman–Crippen MR) is 89.4 cm³/mol. The van der Waals surface area contributed by atoms with Crippen molar-refractivity contribution in [3.05, 3.63) is 59.7 Å². The Balaban J connectivity index is 1.46. The van der Waals surface area contributed by atoms with Gasteiger partial charge in [0.25, 0.3) is 5.91 Å². The number of fused-ring (bicyclic) bond motifs is 1. The molecule has 5 nitrogen and oxygen atoms in total. The molecular formula is C18H18FN3O2. The van der Waals surface area contributed by atoms with Gasteiger partial charge in [-0.3, -0.25) is 4.79 Å². The second kappa shape index (κ2) is 7.12. The van der Waals surface area contributed by atoms with Crippen molar-refractivity contribution in [3.63, 3.8) is 0 Å². The average Bonchev–Trinajstić information content (AvgIpc) is 2.93. The molecule has 0 unspecified atom stereocenters. The van der Waals surface area contributed by atoms with E-state index in [-0.39, 0.29) is 18.3 Å². The van der Waals surface area contributed by atoms with E-state index in [2.05, 4.69) is 15.3 Å². The van der Waals surface area contributed by atoms with Gasteiger partial charge in [-0.1, -0.05) is 18.2 Å². The van der Waals surface area contributed by atoms with E-state index in [4.69, 9.17) is 4.74 Å². The minimum atomic E-state index is -0.478. The van der Waals surface area contributed by atoms with E-state index in [1.54, 1.807) is 12.1 Å². The third kappa shape index (κ3) is 3.90. The van der Waals surface area contributed by atoms with Gasteiger partial charge in [0, 0.05) is 6.54 Å². The lowest BCUT2D eigenvalue weighted by Crippen LogP contribution is -2.30. The fourth-order valence-corrected chi connectivity index (χ4v) is 2.44. The van der Waals surface area contributed by atoms with E-state index >= 15 is 0 Å². The molecule has 1 amide bonds. The first-order valence-corrected chi connectivity index (χ1v) is 7.71. The minimum absolute atomic E-state index is 0.0766. The maximum atomic E-state index is 13.4. The van der Waals surface area contributed by atoms with Crippen molar-refractivity contribution in [1.29, 1.82) is 0 Å². The summed E-state index contributed by atoms with van der Waals surface area (Å²) >= 11 is 0. The molecule has 0 saturated carbocycles. The van der Waals surface area contributed by atoms with Crippen LogP contribution in [0.2, 0.25) is 0 Å². The van der Waals surface area contributed by atoms with E-state index < -0.39 is 5.82 Å². The van der Waals surface area contributed by atoms with Gasteiger partial charge in [0.05, 0.1) is 11.0 Å². The molecular weight excluding hydrogens is 309 g/mol. The molecule has 3 rings (SSSR count). The molecule has 0 bridgehead atoms. The first-order valence-electron chi connectivity index (χ1n) is 7.71. The lowest BCUT2D eigenvalue weighted by atomic mass is 10.1. The molecule has 0 aliphatic heterocycles. The Morgan fingerprint density at radius 3 is 2.96 bits per heavy atom. The third-order valence-electron chi connectivity index (χ3n) is 3.60. The fourth-order valence-electron chi connectivity index (χ4n) is 2.44. The Morgan fingerprint density at radius 1 is 1.29 bits per heavy atom. The van der Waals surface area contributed by atoms with Crippen LogP contribution in [0.1, 0.15) is 11.4 Å². The summed E-state index contributed by atoms with van der Waals surface area (Å²) in [6, 6.07) is 12.0. The minimum Gasteiger partial charge on any atom is -0.481 e. The van der Waals surface area contributed by atoms with E-state index in [1.807, 2.05) is 25.1 Å². The van der Waals surface area contributed by atoms with Crippen LogP contribution in [0.25, 0.3) is 11.0 Å². The number of carbonyl (C=O) groups excluding carboxylic acids is 1. The van der Waals surface area contributed by atoms with Gasteiger partial charge in [-0.2, -0.15) is 0 Å². The third-order valence-corrected chi connectivity index (χ3v) is 3.60. The van der Waals surface area contributed by atoms with Crippen LogP contribution in [-0.4, -0.2) is 29.0 Å². The summed E-state index contributed by atoms with van der Waals surface area (Å²) in [5.74, 6) is 0.193. The number of hydrogen-bond acceptors (Lipinski definition) is 3. The van der Waals surface area contributed by atoms with Crippen molar-refractivity contribution in [3.8, 4) is 5.75 Å². The van der Waals surface area contributed by atoms with Crippen LogP contribution in [0.4, 0.5) is 4.39 Å². The van der Waals surface area contributed by atoms with Crippen LogP contribution < -0.4 is 10.1 Å². The summed E-state index contributed by atoms with van der Waals surface area (Å²) in [5.41, 5.74) is 3.01. The molecule has 24 heavy (non-hydrogen) atoms. The highest BCUT2D eigenvalue weighted by Gasteiger charge is 2.06. The second-order valence-corrected chi connectivity index (χ2v) is 5.49. The van der Waals surface area contributed by atoms with Gasteiger partial charge in [0.15, 0.2) is 18.2 Å². The molecule has 3 aromatic rings. The average molecular weight is 327 g/mol. The van der Waals surface area contributed by atoms with Crippen LogP contribution in [-0.2, 0) is 11.2 Å². The van der Waals surface area contributed by atoms with Crippen molar-refractivity contribution < 1.29 is 13.9 Å². The Morgan fingerprint density at radius 2 is 2.12 bits per heavy atom. The first-order chi connectivity index (χ1) is 11.6. The van der Waals surface area contributed by atoms with Gasteiger partial charge in [-0.25, -0.2) is 9.37 Å². The zero-order valence-corrected chi connectivity index (χ0v) is 13.3. The van der Waals surface area contributed by atoms with E-state index in [0.29, 0.717) is 13.0 Å². The molecule has 0 aliphatic carbocycles. The standard InChI is InChI=1S/C18H18FN3O2/c1-12-21-15-7-6-13(10-16(15)22-12)8-9-20-18(23)11-24-17-5-3-2-4-14(17)19/h2-7,10H,8-9,11H2,1H3,(H,20,23)(H,21,22). The molecule has 124 valence electrons. The number of nitrogens with one attached hydrogen (secondary N) is 2. The number of benzene rings is 2. The van der Waals surface area contributed by atoms with Crippen LogP contribution in [0.5, 0.6) is 5.75 Å². The highest BCUT2D eigenvalue weighted by Crippen LogP contribution is 2.15. The van der Waals surface area contributed by atoms with Gasteiger partial charge in [0.1, 0.15) is 5.82 Å². The quantitative estimate of drug-likeness (QED) is 0.731. The number of aromatic amines is 1. The maximum absolute atomic E-state index is 13.4. The highest BCUT2D eigenvalue weighted by atomic mass is 19.1.